The number of carbonyl (C=O) groups excluding carboxylic acids is 1. The average Bonchev–Trinajstić information content (AvgIpc) is 2.74. The number of aromatic nitrogens is 1. The van der Waals surface area contributed by atoms with E-state index in [1.165, 1.54) is 0 Å². The smallest absolute Gasteiger partial charge is 0.247 e. The number of carbonyl (C=O) groups is 1. The molecule has 0 atom stereocenters. The van der Waals surface area contributed by atoms with Gasteiger partial charge in [-0.15, -0.1) is 0 Å². The number of rotatable bonds is 7. The molecule has 0 saturated heterocycles. The van der Waals surface area contributed by atoms with Crippen LogP contribution >= 0.6 is 0 Å². The molecule has 0 spiro atoms. The van der Waals surface area contributed by atoms with Crippen molar-refractivity contribution in [1.82, 2.24) is 4.57 Å². The van der Waals surface area contributed by atoms with Gasteiger partial charge < -0.3 is 14.0 Å². The molecule has 144 valence electrons. The fourth-order valence-corrected chi connectivity index (χ4v) is 2.95. The van der Waals surface area contributed by atoms with Gasteiger partial charge in [0.05, 0.1) is 14.2 Å². The quantitative estimate of drug-likeness (QED) is 0.633. The molecule has 5 heteroatoms. The Labute approximate surface area is 164 Å². The van der Waals surface area contributed by atoms with Crippen LogP contribution in [0.25, 0.3) is 0 Å². The largest absolute Gasteiger partial charge is 0.493 e. The lowest BCUT2D eigenvalue weighted by Gasteiger charge is -2.09. The van der Waals surface area contributed by atoms with Gasteiger partial charge in [-0.1, -0.05) is 42.5 Å². The molecule has 1 heterocycles. The molecule has 0 aliphatic rings. The minimum Gasteiger partial charge on any atom is -0.493 e. The van der Waals surface area contributed by atoms with Crippen molar-refractivity contribution in [3.63, 3.8) is 0 Å². The molecular weight excluding hydrogens is 352 g/mol. The van der Waals surface area contributed by atoms with Gasteiger partial charge in [0, 0.05) is 19.2 Å². The summed E-state index contributed by atoms with van der Waals surface area (Å²) in [6.07, 6.45) is 2.86. The Kier molecular flexibility index (Phi) is 6.63. The number of hydrogen-bond acceptors (Lipinski definition) is 3. The second-order valence-corrected chi connectivity index (χ2v) is 6.37. The summed E-state index contributed by atoms with van der Waals surface area (Å²) in [6, 6.07) is 21.5. The molecule has 1 amide bonds. The molecule has 3 rings (SSSR count). The lowest BCUT2D eigenvalue weighted by atomic mass is 10.1. The zero-order valence-corrected chi connectivity index (χ0v) is 16.2. The molecule has 0 bridgehead atoms. The number of pyridine rings is 1. The predicted octanol–water partition coefficient (Wildman–Crippen LogP) is 3.61. The topological polar surface area (TPSA) is 52.8 Å². The van der Waals surface area contributed by atoms with E-state index in [2.05, 4.69) is 17.1 Å². The zero-order chi connectivity index (χ0) is 19.8. The molecule has 1 aromatic heterocycles. The third-order valence-electron chi connectivity index (χ3n) is 4.43. The highest BCUT2D eigenvalue weighted by molar-refractivity contribution is 5.77. The summed E-state index contributed by atoms with van der Waals surface area (Å²) in [5, 5.41) is 0. The van der Waals surface area contributed by atoms with Crippen molar-refractivity contribution in [3.05, 3.63) is 89.5 Å². The SMILES string of the molecule is COc1ccc(CCC(=O)N=c2ccccn2Cc2ccccc2)cc1OC. The number of methoxy groups -OCH3 is 2. The summed E-state index contributed by atoms with van der Waals surface area (Å²) in [4.78, 5) is 16.7. The van der Waals surface area contributed by atoms with Crippen LogP contribution in [0.1, 0.15) is 17.5 Å². The van der Waals surface area contributed by atoms with E-state index >= 15 is 0 Å². The van der Waals surface area contributed by atoms with Gasteiger partial charge in [0.25, 0.3) is 0 Å². The fourth-order valence-electron chi connectivity index (χ4n) is 2.95. The Morgan fingerprint density at radius 1 is 0.893 bits per heavy atom. The Morgan fingerprint density at radius 3 is 2.39 bits per heavy atom. The molecule has 0 N–H and O–H groups in total. The van der Waals surface area contributed by atoms with Gasteiger partial charge in [-0.2, -0.15) is 4.99 Å². The predicted molar refractivity (Wildman–Crippen MR) is 108 cm³/mol. The van der Waals surface area contributed by atoms with Crippen LogP contribution in [0, 0.1) is 0 Å². The van der Waals surface area contributed by atoms with Crippen molar-refractivity contribution in [1.29, 1.82) is 0 Å². The maximum Gasteiger partial charge on any atom is 0.247 e. The second-order valence-electron chi connectivity index (χ2n) is 6.37. The van der Waals surface area contributed by atoms with Gasteiger partial charge in [0.2, 0.25) is 5.91 Å². The van der Waals surface area contributed by atoms with Crippen molar-refractivity contribution < 1.29 is 14.3 Å². The van der Waals surface area contributed by atoms with E-state index in [0.29, 0.717) is 36.4 Å². The first-order chi connectivity index (χ1) is 13.7. The molecule has 3 aromatic rings. The number of nitrogens with zero attached hydrogens (tertiary/aromatic N) is 2. The number of hydrogen-bond donors (Lipinski definition) is 0. The molecule has 2 aromatic carbocycles. The highest BCUT2D eigenvalue weighted by atomic mass is 16.5. The van der Waals surface area contributed by atoms with E-state index < -0.39 is 0 Å². The normalized spacial score (nSPS) is 11.3. The zero-order valence-electron chi connectivity index (χ0n) is 16.2. The van der Waals surface area contributed by atoms with Crippen LogP contribution in [0.2, 0.25) is 0 Å². The Bertz CT molecular complexity index is 994. The monoisotopic (exact) mass is 376 g/mol. The van der Waals surface area contributed by atoms with Crippen molar-refractivity contribution >= 4 is 5.91 Å². The van der Waals surface area contributed by atoms with E-state index in [1.54, 1.807) is 14.2 Å². The summed E-state index contributed by atoms with van der Waals surface area (Å²) >= 11 is 0. The summed E-state index contributed by atoms with van der Waals surface area (Å²) in [5.74, 6) is 1.18. The molecular formula is C23H24N2O3. The molecule has 0 aliphatic carbocycles. The first kappa shape index (κ1) is 19.4. The third kappa shape index (κ3) is 5.10. The number of ether oxygens (including phenoxy) is 2. The summed E-state index contributed by atoms with van der Waals surface area (Å²) in [7, 11) is 3.20. The van der Waals surface area contributed by atoms with Gasteiger partial charge in [-0.25, -0.2) is 0 Å². The van der Waals surface area contributed by atoms with Gasteiger partial charge in [-0.05, 0) is 41.8 Å². The lowest BCUT2D eigenvalue weighted by molar-refractivity contribution is -0.118. The molecule has 28 heavy (non-hydrogen) atoms. The highest BCUT2D eigenvalue weighted by Gasteiger charge is 2.07. The van der Waals surface area contributed by atoms with Crippen LogP contribution in [-0.2, 0) is 17.8 Å². The van der Waals surface area contributed by atoms with Gasteiger partial charge in [0.15, 0.2) is 11.5 Å². The standard InChI is InChI=1S/C23H24N2O3/c1-27-20-13-11-18(16-21(20)28-2)12-14-23(26)24-22-10-6-7-15-25(22)17-19-8-4-3-5-9-19/h3-11,13,15-16H,12,14,17H2,1-2H3. The van der Waals surface area contributed by atoms with Crippen LogP contribution in [0.4, 0.5) is 0 Å². The number of amides is 1. The minimum absolute atomic E-state index is 0.150. The Hall–Kier alpha value is -3.34. The molecule has 0 unspecified atom stereocenters. The number of aryl methyl sites for hydroxylation is 1. The highest BCUT2D eigenvalue weighted by Crippen LogP contribution is 2.27. The van der Waals surface area contributed by atoms with Gasteiger partial charge in [0.1, 0.15) is 5.49 Å². The lowest BCUT2D eigenvalue weighted by Crippen LogP contribution is -2.22. The van der Waals surface area contributed by atoms with E-state index in [0.717, 1.165) is 11.1 Å². The van der Waals surface area contributed by atoms with E-state index in [9.17, 15) is 4.79 Å². The van der Waals surface area contributed by atoms with Crippen LogP contribution < -0.4 is 15.0 Å². The average molecular weight is 376 g/mol. The van der Waals surface area contributed by atoms with Crippen LogP contribution in [-0.4, -0.2) is 24.7 Å². The van der Waals surface area contributed by atoms with E-state index in [1.807, 2.05) is 65.4 Å². The Morgan fingerprint density at radius 2 is 1.64 bits per heavy atom. The summed E-state index contributed by atoms with van der Waals surface area (Å²) in [6.45, 7) is 0.670. The van der Waals surface area contributed by atoms with Crippen molar-refractivity contribution in [2.45, 2.75) is 19.4 Å². The van der Waals surface area contributed by atoms with Crippen LogP contribution in [0.5, 0.6) is 11.5 Å². The molecule has 0 radical (unpaired) electrons. The summed E-state index contributed by atoms with van der Waals surface area (Å²) in [5.41, 5.74) is 2.82. The van der Waals surface area contributed by atoms with Gasteiger partial charge >= 0.3 is 0 Å². The first-order valence-electron chi connectivity index (χ1n) is 9.17. The third-order valence-corrected chi connectivity index (χ3v) is 4.43. The molecule has 0 fully saturated rings. The van der Waals surface area contributed by atoms with E-state index in [4.69, 9.17) is 9.47 Å². The molecule has 5 nitrogen and oxygen atoms in total. The Balaban J connectivity index is 1.71. The van der Waals surface area contributed by atoms with E-state index in [-0.39, 0.29) is 5.91 Å². The maximum absolute atomic E-state index is 12.4. The summed E-state index contributed by atoms with van der Waals surface area (Å²) < 4.78 is 12.5. The number of benzene rings is 2. The molecule has 0 aliphatic heterocycles. The first-order valence-corrected chi connectivity index (χ1v) is 9.17. The molecule has 0 saturated carbocycles. The minimum atomic E-state index is -0.150. The van der Waals surface area contributed by atoms with Crippen molar-refractivity contribution in [2.24, 2.45) is 4.99 Å². The second kappa shape index (κ2) is 9.55. The fraction of sp³-hybridized carbons (Fsp3) is 0.217. The maximum atomic E-state index is 12.4. The van der Waals surface area contributed by atoms with Crippen LogP contribution in [0.3, 0.4) is 0 Å². The van der Waals surface area contributed by atoms with Crippen molar-refractivity contribution in [2.75, 3.05) is 14.2 Å². The van der Waals surface area contributed by atoms with Crippen molar-refractivity contribution in [3.8, 4) is 11.5 Å². The van der Waals surface area contributed by atoms with Crippen LogP contribution in [0.15, 0.2) is 77.9 Å². The van der Waals surface area contributed by atoms with Gasteiger partial charge in [-0.3, -0.25) is 4.79 Å².